The summed E-state index contributed by atoms with van der Waals surface area (Å²) in [5.41, 5.74) is 2.34. The molecule has 0 unspecified atom stereocenters. The Kier molecular flexibility index (Phi) is 2.88. The molecular formula is C13H17N5. The van der Waals surface area contributed by atoms with Crippen LogP contribution in [-0.2, 0) is 6.54 Å². The molecule has 5 nitrogen and oxygen atoms in total. The Morgan fingerprint density at radius 2 is 2.22 bits per heavy atom. The number of anilines is 2. The molecule has 0 saturated heterocycles. The second-order valence-electron chi connectivity index (χ2n) is 4.42. The number of hydrogen-bond donors (Lipinski definition) is 1. The number of H-pyrrole nitrogens is 1. The highest BCUT2D eigenvalue weighted by Gasteiger charge is 2.22. The number of likely N-dealkylation sites (N-methyl/N-ethyl adjacent to an activating group) is 1. The highest BCUT2D eigenvalue weighted by atomic mass is 15.3. The van der Waals surface area contributed by atoms with Gasteiger partial charge in [-0.1, -0.05) is 0 Å². The largest absolute Gasteiger partial charge is 0.361 e. The first kappa shape index (κ1) is 11.1. The molecule has 1 aliphatic heterocycles. The van der Waals surface area contributed by atoms with Gasteiger partial charge in [0.1, 0.15) is 0 Å². The molecule has 2 aromatic heterocycles. The zero-order valence-corrected chi connectivity index (χ0v) is 10.5. The van der Waals surface area contributed by atoms with Crippen LogP contribution in [0.1, 0.15) is 12.6 Å². The van der Waals surface area contributed by atoms with E-state index in [-0.39, 0.29) is 0 Å². The fraction of sp³-hybridized carbons (Fsp3) is 0.385. The number of aromatic amines is 1. The summed E-state index contributed by atoms with van der Waals surface area (Å²) in [7, 11) is 0. The van der Waals surface area contributed by atoms with Crippen molar-refractivity contribution in [2.24, 2.45) is 0 Å². The maximum Gasteiger partial charge on any atom is 0.152 e. The molecular weight excluding hydrogens is 226 g/mol. The third-order valence-electron chi connectivity index (χ3n) is 3.34. The molecule has 0 aliphatic carbocycles. The van der Waals surface area contributed by atoms with Crippen molar-refractivity contribution in [3.63, 3.8) is 0 Å². The van der Waals surface area contributed by atoms with Gasteiger partial charge in [-0.2, -0.15) is 0 Å². The third kappa shape index (κ3) is 1.92. The summed E-state index contributed by atoms with van der Waals surface area (Å²) in [6, 6.07) is 4.14. The lowest BCUT2D eigenvalue weighted by molar-refractivity contribution is 0.692. The minimum absolute atomic E-state index is 0.857. The third-order valence-corrected chi connectivity index (χ3v) is 3.34. The fourth-order valence-electron chi connectivity index (χ4n) is 2.40. The zero-order valence-electron chi connectivity index (χ0n) is 10.5. The smallest absolute Gasteiger partial charge is 0.152 e. The maximum absolute atomic E-state index is 4.51. The molecule has 1 aliphatic rings. The molecule has 0 saturated carbocycles. The molecule has 3 rings (SSSR count). The minimum atomic E-state index is 0.857. The van der Waals surface area contributed by atoms with Crippen molar-refractivity contribution >= 4 is 11.5 Å². The van der Waals surface area contributed by atoms with Crippen LogP contribution in [0.25, 0.3) is 0 Å². The highest BCUT2D eigenvalue weighted by Crippen LogP contribution is 2.30. The first-order valence-corrected chi connectivity index (χ1v) is 6.30. The van der Waals surface area contributed by atoms with Crippen LogP contribution in [0.4, 0.5) is 11.5 Å². The van der Waals surface area contributed by atoms with Gasteiger partial charge in [0.15, 0.2) is 5.82 Å². The molecule has 0 amide bonds. The number of nitrogens with zero attached hydrogens (tertiary/aromatic N) is 4. The number of pyridine rings is 1. The Labute approximate surface area is 106 Å². The summed E-state index contributed by atoms with van der Waals surface area (Å²) < 4.78 is 0. The maximum atomic E-state index is 4.51. The van der Waals surface area contributed by atoms with E-state index in [0.29, 0.717) is 0 Å². The standard InChI is InChI=1S/C13H17N5/c1-2-17-6-7-18(9-11-8-14-10-16-11)12-4-3-5-15-13(12)17/h3-5,8,10H,2,6-7,9H2,1H3,(H,14,16). The van der Waals surface area contributed by atoms with E-state index in [0.717, 1.165) is 37.7 Å². The van der Waals surface area contributed by atoms with Gasteiger partial charge >= 0.3 is 0 Å². The molecule has 2 aromatic rings. The van der Waals surface area contributed by atoms with Crippen molar-refractivity contribution in [1.82, 2.24) is 15.0 Å². The first-order valence-electron chi connectivity index (χ1n) is 6.30. The van der Waals surface area contributed by atoms with Crippen LogP contribution in [-0.4, -0.2) is 34.6 Å². The van der Waals surface area contributed by atoms with E-state index in [1.54, 1.807) is 6.33 Å². The van der Waals surface area contributed by atoms with Gasteiger partial charge in [0.05, 0.1) is 24.3 Å². The second-order valence-corrected chi connectivity index (χ2v) is 4.42. The number of imidazole rings is 1. The van der Waals surface area contributed by atoms with Gasteiger partial charge in [0.25, 0.3) is 0 Å². The predicted molar refractivity (Wildman–Crippen MR) is 71.8 cm³/mol. The van der Waals surface area contributed by atoms with Gasteiger partial charge in [0, 0.05) is 32.0 Å². The van der Waals surface area contributed by atoms with Crippen molar-refractivity contribution in [3.8, 4) is 0 Å². The second kappa shape index (κ2) is 4.68. The zero-order chi connectivity index (χ0) is 12.4. The van der Waals surface area contributed by atoms with Gasteiger partial charge < -0.3 is 14.8 Å². The van der Waals surface area contributed by atoms with Crippen molar-refractivity contribution in [2.45, 2.75) is 13.5 Å². The van der Waals surface area contributed by atoms with Gasteiger partial charge in [-0.15, -0.1) is 0 Å². The number of hydrogen-bond acceptors (Lipinski definition) is 4. The van der Waals surface area contributed by atoms with E-state index < -0.39 is 0 Å². The van der Waals surface area contributed by atoms with Crippen LogP contribution in [0.2, 0.25) is 0 Å². The molecule has 3 heterocycles. The number of fused-ring (bicyclic) bond motifs is 1. The highest BCUT2D eigenvalue weighted by molar-refractivity contribution is 5.69. The Morgan fingerprint density at radius 3 is 3.00 bits per heavy atom. The van der Waals surface area contributed by atoms with Crippen molar-refractivity contribution in [2.75, 3.05) is 29.4 Å². The van der Waals surface area contributed by atoms with E-state index in [1.165, 1.54) is 5.69 Å². The Balaban J connectivity index is 1.89. The van der Waals surface area contributed by atoms with E-state index in [1.807, 2.05) is 18.5 Å². The molecule has 94 valence electrons. The van der Waals surface area contributed by atoms with Gasteiger partial charge in [-0.3, -0.25) is 0 Å². The Bertz CT molecular complexity index is 508. The molecule has 18 heavy (non-hydrogen) atoms. The molecule has 0 atom stereocenters. The minimum Gasteiger partial charge on any atom is -0.361 e. The average Bonchev–Trinajstić information content (AvgIpc) is 2.92. The average molecular weight is 243 g/mol. The molecule has 0 radical (unpaired) electrons. The molecule has 0 aromatic carbocycles. The van der Waals surface area contributed by atoms with Crippen LogP contribution in [0.3, 0.4) is 0 Å². The fourth-order valence-corrected chi connectivity index (χ4v) is 2.40. The van der Waals surface area contributed by atoms with Crippen LogP contribution >= 0.6 is 0 Å². The normalized spacial score (nSPS) is 14.7. The van der Waals surface area contributed by atoms with Crippen molar-refractivity contribution in [3.05, 3.63) is 36.5 Å². The topological polar surface area (TPSA) is 48.0 Å². The molecule has 5 heteroatoms. The summed E-state index contributed by atoms with van der Waals surface area (Å²) in [5, 5.41) is 0. The predicted octanol–water partition coefficient (Wildman–Crippen LogP) is 1.65. The van der Waals surface area contributed by atoms with Crippen LogP contribution in [0, 0.1) is 0 Å². The van der Waals surface area contributed by atoms with Crippen LogP contribution in [0.15, 0.2) is 30.9 Å². The summed E-state index contributed by atoms with van der Waals surface area (Å²) in [4.78, 5) is 16.4. The summed E-state index contributed by atoms with van der Waals surface area (Å²) in [6.45, 7) is 6.07. The summed E-state index contributed by atoms with van der Waals surface area (Å²) in [5.74, 6) is 1.09. The summed E-state index contributed by atoms with van der Waals surface area (Å²) in [6.07, 6.45) is 5.46. The first-order chi connectivity index (χ1) is 8.88. The van der Waals surface area contributed by atoms with E-state index >= 15 is 0 Å². The lowest BCUT2D eigenvalue weighted by Gasteiger charge is -2.37. The molecule has 0 bridgehead atoms. The van der Waals surface area contributed by atoms with E-state index in [2.05, 4.69) is 37.7 Å². The van der Waals surface area contributed by atoms with Crippen LogP contribution < -0.4 is 9.80 Å². The van der Waals surface area contributed by atoms with E-state index in [9.17, 15) is 0 Å². The number of rotatable bonds is 3. The SMILES string of the molecule is CCN1CCN(Cc2cnc[nH]2)c2cccnc21. The van der Waals surface area contributed by atoms with Crippen molar-refractivity contribution < 1.29 is 0 Å². The number of nitrogens with one attached hydrogen (secondary N) is 1. The summed E-state index contributed by atoms with van der Waals surface area (Å²) >= 11 is 0. The Hall–Kier alpha value is -2.04. The van der Waals surface area contributed by atoms with Crippen LogP contribution in [0.5, 0.6) is 0 Å². The Morgan fingerprint density at radius 1 is 1.33 bits per heavy atom. The lowest BCUT2D eigenvalue weighted by atomic mass is 10.2. The van der Waals surface area contributed by atoms with Crippen molar-refractivity contribution in [1.29, 1.82) is 0 Å². The van der Waals surface area contributed by atoms with Gasteiger partial charge in [0.2, 0.25) is 0 Å². The van der Waals surface area contributed by atoms with E-state index in [4.69, 9.17) is 0 Å². The monoisotopic (exact) mass is 243 g/mol. The lowest BCUT2D eigenvalue weighted by Crippen LogP contribution is -2.41. The molecule has 0 spiro atoms. The van der Waals surface area contributed by atoms with Gasteiger partial charge in [-0.05, 0) is 19.1 Å². The molecule has 1 N–H and O–H groups in total. The molecule has 0 fully saturated rings. The quantitative estimate of drug-likeness (QED) is 0.890. The number of aromatic nitrogens is 3. The van der Waals surface area contributed by atoms with Gasteiger partial charge in [-0.25, -0.2) is 9.97 Å².